The highest BCUT2D eigenvalue weighted by Crippen LogP contribution is 2.23. The van der Waals surface area contributed by atoms with Crippen LogP contribution in [0.2, 0.25) is 10.0 Å². The molecule has 0 bridgehead atoms. The highest BCUT2D eigenvalue weighted by atomic mass is 35.5. The van der Waals surface area contributed by atoms with Gasteiger partial charge in [0.2, 0.25) is 0 Å². The fraction of sp³-hybridized carbons (Fsp3) is 0.353. The Morgan fingerprint density at radius 2 is 1.81 bits per heavy atom. The fourth-order valence-electron chi connectivity index (χ4n) is 2.61. The molecule has 0 aliphatic rings. The maximum atomic E-state index is 12.9. The van der Waals surface area contributed by atoms with Crippen LogP contribution in [0.25, 0.3) is 0 Å². The monoisotopic (exact) mass is 398 g/mol. The molecule has 1 aromatic heterocycles. The van der Waals surface area contributed by atoms with Gasteiger partial charge in [-0.2, -0.15) is 0 Å². The van der Waals surface area contributed by atoms with Crippen molar-refractivity contribution >= 4 is 40.6 Å². The number of benzene rings is 1. The Morgan fingerprint density at radius 1 is 1.19 bits per heavy atom. The lowest BCUT2D eigenvalue weighted by atomic mass is 10.2. The van der Waals surface area contributed by atoms with Gasteiger partial charge in [0.25, 0.3) is 11.5 Å². The standard InChI is InChI=1S/C17H20Cl2N4O3/c1-3-5-6-23-14(20)13(15(24)21-17(23)26)22(4-2)16(25)10-7-11(18)9-12(19)8-10/h7-9H,3-6,20H2,1-2H3,(H,21,24,26). The van der Waals surface area contributed by atoms with E-state index in [1.54, 1.807) is 6.92 Å². The molecule has 0 spiro atoms. The first-order chi connectivity index (χ1) is 12.3. The number of aromatic amines is 1. The van der Waals surface area contributed by atoms with Crippen LogP contribution in [-0.4, -0.2) is 22.0 Å². The average molecular weight is 399 g/mol. The summed E-state index contributed by atoms with van der Waals surface area (Å²) in [6.07, 6.45) is 1.55. The molecule has 0 aliphatic heterocycles. The molecule has 0 unspecified atom stereocenters. The Balaban J connectivity index is 2.57. The molecule has 1 heterocycles. The van der Waals surface area contributed by atoms with Gasteiger partial charge in [-0.05, 0) is 31.5 Å². The van der Waals surface area contributed by atoms with Crippen molar-refractivity contribution in [3.8, 4) is 0 Å². The van der Waals surface area contributed by atoms with Crippen molar-refractivity contribution in [2.75, 3.05) is 17.2 Å². The van der Waals surface area contributed by atoms with Crippen LogP contribution < -0.4 is 21.9 Å². The second kappa shape index (κ2) is 8.42. The van der Waals surface area contributed by atoms with Crippen LogP contribution >= 0.6 is 23.2 Å². The highest BCUT2D eigenvalue weighted by molar-refractivity contribution is 6.35. The maximum absolute atomic E-state index is 12.9. The van der Waals surface area contributed by atoms with E-state index in [1.165, 1.54) is 27.7 Å². The summed E-state index contributed by atoms with van der Waals surface area (Å²) in [5.74, 6) is -0.537. The maximum Gasteiger partial charge on any atom is 0.330 e. The molecule has 2 rings (SSSR count). The van der Waals surface area contributed by atoms with Gasteiger partial charge >= 0.3 is 5.69 Å². The summed E-state index contributed by atoms with van der Waals surface area (Å²) in [5.41, 5.74) is 4.91. The zero-order valence-electron chi connectivity index (χ0n) is 14.5. The minimum atomic E-state index is -0.719. The summed E-state index contributed by atoms with van der Waals surface area (Å²) in [5, 5.41) is 0.596. The van der Waals surface area contributed by atoms with Crippen molar-refractivity contribution in [3.05, 3.63) is 54.6 Å². The van der Waals surface area contributed by atoms with Gasteiger partial charge in [0.15, 0.2) is 5.69 Å². The smallest absolute Gasteiger partial charge is 0.330 e. The highest BCUT2D eigenvalue weighted by Gasteiger charge is 2.24. The number of hydrogen-bond acceptors (Lipinski definition) is 4. The third kappa shape index (κ3) is 4.11. The number of nitrogens with zero attached hydrogens (tertiary/aromatic N) is 2. The molecule has 7 nitrogen and oxygen atoms in total. The number of nitrogens with two attached hydrogens (primary N) is 1. The van der Waals surface area contributed by atoms with Gasteiger partial charge in [-0.1, -0.05) is 36.5 Å². The van der Waals surface area contributed by atoms with Crippen molar-refractivity contribution < 1.29 is 4.79 Å². The first-order valence-electron chi connectivity index (χ1n) is 8.20. The molecular weight excluding hydrogens is 379 g/mol. The molecule has 1 amide bonds. The molecular formula is C17H20Cl2N4O3. The van der Waals surface area contributed by atoms with Crippen molar-refractivity contribution in [2.45, 2.75) is 33.2 Å². The van der Waals surface area contributed by atoms with Gasteiger partial charge in [-0.3, -0.25) is 19.1 Å². The molecule has 0 atom stereocenters. The topological polar surface area (TPSA) is 101 Å². The average Bonchev–Trinajstić information content (AvgIpc) is 2.56. The van der Waals surface area contributed by atoms with Crippen LogP contribution in [0.1, 0.15) is 37.0 Å². The Kier molecular flexibility index (Phi) is 6.50. The van der Waals surface area contributed by atoms with E-state index in [0.717, 1.165) is 6.42 Å². The minimum Gasteiger partial charge on any atom is -0.383 e. The lowest BCUT2D eigenvalue weighted by Crippen LogP contribution is -2.41. The van der Waals surface area contributed by atoms with Crippen molar-refractivity contribution in [2.24, 2.45) is 0 Å². The van der Waals surface area contributed by atoms with Crippen LogP contribution in [0.3, 0.4) is 0 Å². The van der Waals surface area contributed by atoms with Crippen molar-refractivity contribution in [1.29, 1.82) is 0 Å². The molecule has 0 saturated carbocycles. The van der Waals surface area contributed by atoms with Gasteiger partial charge < -0.3 is 10.6 Å². The van der Waals surface area contributed by atoms with E-state index in [1.807, 2.05) is 6.92 Å². The summed E-state index contributed by atoms with van der Waals surface area (Å²) < 4.78 is 1.27. The zero-order valence-corrected chi connectivity index (χ0v) is 16.0. The number of rotatable bonds is 6. The Labute approximate surface area is 160 Å². The molecule has 0 saturated heterocycles. The number of aromatic nitrogens is 2. The van der Waals surface area contributed by atoms with Crippen LogP contribution in [0.5, 0.6) is 0 Å². The van der Waals surface area contributed by atoms with Gasteiger partial charge in [0.05, 0.1) is 0 Å². The summed E-state index contributed by atoms with van der Waals surface area (Å²) in [4.78, 5) is 40.8. The molecule has 140 valence electrons. The van der Waals surface area contributed by atoms with E-state index < -0.39 is 17.2 Å². The molecule has 0 aliphatic carbocycles. The largest absolute Gasteiger partial charge is 0.383 e. The van der Waals surface area contributed by atoms with Gasteiger partial charge in [-0.25, -0.2) is 4.79 Å². The molecule has 1 aromatic carbocycles. The van der Waals surface area contributed by atoms with E-state index in [2.05, 4.69) is 4.98 Å². The number of H-pyrrole nitrogens is 1. The van der Waals surface area contributed by atoms with Crippen molar-refractivity contribution in [3.63, 3.8) is 0 Å². The second-order valence-electron chi connectivity index (χ2n) is 5.71. The summed E-state index contributed by atoms with van der Waals surface area (Å²) in [6.45, 7) is 4.19. The van der Waals surface area contributed by atoms with Crippen LogP contribution in [0.15, 0.2) is 27.8 Å². The number of nitrogen functional groups attached to an aromatic ring is 1. The molecule has 9 heteroatoms. The first-order valence-corrected chi connectivity index (χ1v) is 8.96. The fourth-order valence-corrected chi connectivity index (χ4v) is 3.14. The quantitative estimate of drug-likeness (QED) is 0.780. The normalized spacial score (nSPS) is 10.8. The van der Waals surface area contributed by atoms with E-state index in [9.17, 15) is 14.4 Å². The van der Waals surface area contributed by atoms with Crippen molar-refractivity contribution in [1.82, 2.24) is 9.55 Å². The Hall–Kier alpha value is -2.25. The van der Waals surface area contributed by atoms with E-state index in [0.29, 0.717) is 23.0 Å². The number of nitrogens with one attached hydrogen (secondary N) is 1. The number of amides is 1. The van der Waals surface area contributed by atoms with Crippen LogP contribution in [0, 0.1) is 0 Å². The predicted octanol–water partition coefficient (Wildman–Crippen LogP) is 2.89. The van der Waals surface area contributed by atoms with Gasteiger partial charge in [0.1, 0.15) is 5.82 Å². The number of halogens is 2. The molecule has 3 N–H and O–H groups in total. The second-order valence-corrected chi connectivity index (χ2v) is 6.58. The van der Waals surface area contributed by atoms with Crippen LogP contribution in [0.4, 0.5) is 11.5 Å². The number of carbonyl (C=O) groups excluding carboxylic acids is 1. The number of carbonyl (C=O) groups is 1. The minimum absolute atomic E-state index is 0.0458. The predicted molar refractivity (Wildman–Crippen MR) is 104 cm³/mol. The molecule has 26 heavy (non-hydrogen) atoms. The molecule has 2 aromatic rings. The Bertz CT molecular complexity index is 916. The summed E-state index contributed by atoms with van der Waals surface area (Å²) >= 11 is 11.9. The SMILES string of the molecule is CCCCn1c(N)c(N(CC)C(=O)c2cc(Cl)cc(Cl)c2)c(=O)[nH]c1=O. The van der Waals surface area contributed by atoms with Gasteiger partial charge in [-0.15, -0.1) is 0 Å². The van der Waals surface area contributed by atoms with E-state index in [-0.39, 0.29) is 23.6 Å². The zero-order chi connectivity index (χ0) is 19.4. The number of anilines is 2. The summed E-state index contributed by atoms with van der Waals surface area (Å²) in [7, 11) is 0. The lowest BCUT2D eigenvalue weighted by Gasteiger charge is -2.23. The van der Waals surface area contributed by atoms with Crippen LogP contribution in [-0.2, 0) is 6.54 Å². The van der Waals surface area contributed by atoms with E-state index >= 15 is 0 Å². The first kappa shape index (κ1) is 20.1. The Morgan fingerprint density at radius 3 is 2.35 bits per heavy atom. The third-order valence-electron chi connectivity index (χ3n) is 3.89. The third-order valence-corrected chi connectivity index (χ3v) is 4.33. The lowest BCUT2D eigenvalue weighted by molar-refractivity contribution is 0.0988. The number of unbranched alkanes of at least 4 members (excludes halogenated alkanes) is 1. The molecule has 0 radical (unpaired) electrons. The van der Waals surface area contributed by atoms with Gasteiger partial charge in [0, 0.05) is 28.7 Å². The number of hydrogen-bond donors (Lipinski definition) is 2. The van der Waals surface area contributed by atoms with E-state index in [4.69, 9.17) is 28.9 Å². The summed E-state index contributed by atoms with van der Waals surface area (Å²) in [6, 6.07) is 4.41. The molecule has 0 fully saturated rings.